The molecule has 5 nitrogen and oxygen atoms in total. The van der Waals surface area contributed by atoms with E-state index >= 15 is 0 Å². The third-order valence-corrected chi connectivity index (χ3v) is 2.42. The molecule has 0 saturated heterocycles. The summed E-state index contributed by atoms with van der Waals surface area (Å²) in [5.74, 6) is 1.09. The summed E-state index contributed by atoms with van der Waals surface area (Å²) in [6.45, 7) is 3.63. The van der Waals surface area contributed by atoms with Crippen LogP contribution in [0.25, 0.3) is 5.78 Å². The Hall–Kier alpha value is -1.36. The van der Waals surface area contributed by atoms with Crippen LogP contribution in [0.15, 0.2) is 4.79 Å². The first-order chi connectivity index (χ1) is 6.63. The minimum absolute atomic E-state index is 0.133. The number of halogens is 1. The van der Waals surface area contributed by atoms with Crippen LogP contribution in [0, 0.1) is 6.92 Å². The molecule has 0 unspecified atom stereocenters. The van der Waals surface area contributed by atoms with E-state index < -0.39 is 0 Å². The van der Waals surface area contributed by atoms with Gasteiger partial charge in [0.25, 0.3) is 11.3 Å². The third-order valence-electron chi connectivity index (χ3n) is 1.99. The second-order valence-corrected chi connectivity index (χ2v) is 3.35. The van der Waals surface area contributed by atoms with Crippen molar-refractivity contribution in [1.29, 1.82) is 0 Å². The number of nitrogens with zero attached hydrogens (tertiary/aromatic N) is 3. The molecule has 2 heterocycles. The van der Waals surface area contributed by atoms with Crippen LogP contribution in [0.5, 0.6) is 0 Å². The van der Waals surface area contributed by atoms with E-state index in [1.54, 1.807) is 6.92 Å². The lowest BCUT2D eigenvalue weighted by Crippen LogP contribution is -2.17. The molecule has 0 aliphatic heterocycles. The number of rotatable bonds is 1. The normalized spacial score (nSPS) is 11.1. The van der Waals surface area contributed by atoms with Gasteiger partial charge < -0.3 is 0 Å². The molecule has 0 aliphatic carbocycles. The number of aromatic amines is 1. The van der Waals surface area contributed by atoms with Gasteiger partial charge in [-0.3, -0.25) is 9.89 Å². The summed E-state index contributed by atoms with van der Waals surface area (Å²) < 4.78 is 1.26. The van der Waals surface area contributed by atoms with Crippen LogP contribution in [-0.2, 0) is 6.42 Å². The van der Waals surface area contributed by atoms with Gasteiger partial charge in [0, 0.05) is 6.42 Å². The summed E-state index contributed by atoms with van der Waals surface area (Å²) >= 11 is 5.77. The SMILES string of the molecule is CCc1nc2nc(C)c(Cl)c(=O)n2[nH]1. The maximum Gasteiger partial charge on any atom is 0.293 e. The monoisotopic (exact) mass is 212 g/mol. The number of aryl methyl sites for hydroxylation is 2. The van der Waals surface area contributed by atoms with Gasteiger partial charge in [-0.05, 0) is 6.92 Å². The molecule has 0 bridgehead atoms. The van der Waals surface area contributed by atoms with Crippen LogP contribution >= 0.6 is 11.6 Å². The van der Waals surface area contributed by atoms with Gasteiger partial charge in [-0.2, -0.15) is 9.50 Å². The first kappa shape index (κ1) is 9.21. The second-order valence-electron chi connectivity index (χ2n) is 2.98. The molecule has 1 N–H and O–H groups in total. The number of H-pyrrole nitrogens is 1. The average molecular weight is 213 g/mol. The lowest BCUT2D eigenvalue weighted by molar-refractivity contribution is 0.849. The van der Waals surface area contributed by atoms with Gasteiger partial charge in [0.15, 0.2) is 0 Å². The van der Waals surface area contributed by atoms with E-state index in [1.165, 1.54) is 4.52 Å². The summed E-state index contributed by atoms with van der Waals surface area (Å²) in [5, 5.41) is 2.96. The number of fused-ring (bicyclic) bond motifs is 1. The van der Waals surface area contributed by atoms with E-state index in [0.717, 1.165) is 12.2 Å². The molecule has 0 radical (unpaired) electrons. The quantitative estimate of drug-likeness (QED) is 0.765. The van der Waals surface area contributed by atoms with E-state index in [2.05, 4.69) is 15.1 Å². The Labute approximate surface area is 84.7 Å². The minimum atomic E-state index is -0.304. The molecule has 0 saturated carbocycles. The Morgan fingerprint density at radius 1 is 1.50 bits per heavy atom. The smallest absolute Gasteiger partial charge is 0.275 e. The molecule has 2 aromatic heterocycles. The molecule has 6 heteroatoms. The van der Waals surface area contributed by atoms with Crippen LogP contribution < -0.4 is 5.56 Å². The molecule has 14 heavy (non-hydrogen) atoms. The first-order valence-corrected chi connectivity index (χ1v) is 4.65. The van der Waals surface area contributed by atoms with E-state index in [-0.39, 0.29) is 10.6 Å². The van der Waals surface area contributed by atoms with Crippen molar-refractivity contribution in [2.75, 3.05) is 0 Å². The first-order valence-electron chi connectivity index (χ1n) is 4.27. The molecule has 0 spiro atoms. The van der Waals surface area contributed by atoms with Crippen molar-refractivity contribution < 1.29 is 0 Å². The summed E-state index contributed by atoms with van der Waals surface area (Å²) in [5.41, 5.74) is 0.201. The molecule has 74 valence electrons. The second kappa shape index (κ2) is 3.09. The maximum atomic E-state index is 11.6. The number of hydrogen-bond donors (Lipinski definition) is 1. The highest BCUT2D eigenvalue weighted by molar-refractivity contribution is 6.31. The predicted octanol–water partition coefficient (Wildman–Crippen LogP) is 0.942. The number of nitrogens with one attached hydrogen (secondary N) is 1. The molecule has 0 atom stereocenters. The van der Waals surface area contributed by atoms with Crippen molar-refractivity contribution in [3.05, 3.63) is 26.9 Å². The van der Waals surface area contributed by atoms with Crippen molar-refractivity contribution in [1.82, 2.24) is 19.6 Å². The summed E-state index contributed by atoms with van der Waals surface area (Å²) in [4.78, 5) is 19.8. The van der Waals surface area contributed by atoms with Gasteiger partial charge in [-0.25, -0.2) is 4.98 Å². The number of aromatic nitrogens is 4. The molecular weight excluding hydrogens is 204 g/mol. The Balaban J connectivity index is 2.88. The van der Waals surface area contributed by atoms with Crippen LogP contribution in [0.1, 0.15) is 18.4 Å². The van der Waals surface area contributed by atoms with Crippen LogP contribution in [0.2, 0.25) is 5.02 Å². The van der Waals surface area contributed by atoms with Crippen LogP contribution in [0.3, 0.4) is 0 Å². The van der Waals surface area contributed by atoms with Crippen molar-refractivity contribution >= 4 is 17.4 Å². The summed E-state index contributed by atoms with van der Waals surface area (Å²) in [7, 11) is 0. The van der Waals surface area contributed by atoms with E-state index in [4.69, 9.17) is 11.6 Å². The average Bonchev–Trinajstić information content (AvgIpc) is 2.57. The molecule has 0 amide bonds. The Morgan fingerprint density at radius 2 is 2.21 bits per heavy atom. The van der Waals surface area contributed by atoms with Crippen molar-refractivity contribution in [3.63, 3.8) is 0 Å². The Morgan fingerprint density at radius 3 is 2.86 bits per heavy atom. The van der Waals surface area contributed by atoms with E-state index in [0.29, 0.717) is 11.5 Å². The predicted molar refractivity (Wildman–Crippen MR) is 52.7 cm³/mol. The van der Waals surface area contributed by atoms with Gasteiger partial charge in [-0.15, -0.1) is 0 Å². The van der Waals surface area contributed by atoms with Gasteiger partial charge in [-0.1, -0.05) is 18.5 Å². The van der Waals surface area contributed by atoms with Crippen molar-refractivity contribution in [2.45, 2.75) is 20.3 Å². The topological polar surface area (TPSA) is 63.1 Å². The fourth-order valence-corrected chi connectivity index (χ4v) is 1.33. The molecule has 0 aromatic carbocycles. The molecular formula is C8H9ClN4O. The van der Waals surface area contributed by atoms with E-state index in [9.17, 15) is 4.79 Å². The standard InChI is InChI=1S/C8H9ClN4O/c1-3-5-11-8-10-4(2)6(9)7(14)13(8)12-5/h3H2,1-2H3,(H,10,11,12). The third kappa shape index (κ3) is 1.21. The summed E-state index contributed by atoms with van der Waals surface area (Å²) in [6.07, 6.45) is 0.722. The molecule has 2 rings (SSSR count). The highest BCUT2D eigenvalue weighted by Crippen LogP contribution is 2.07. The lowest BCUT2D eigenvalue weighted by atomic mass is 10.4. The maximum absolute atomic E-state index is 11.6. The van der Waals surface area contributed by atoms with Gasteiger partial charge in [0.1, 0.15) is 10.8 Å². The highest BCUT2D eigenvalue weighted by atomic mass is 35.5. The van der Waals surface area contributed by atoms with Gasteiger partial charge in [0.05, 0.1) is 5.69 Å². The molecule has 0 aliphatic rings. The fraction of sp³-hybridized carbons (Fsp3) is 0.375. The van der Waals surface area contributed by atoms with Crippen molar-refractivity contribution in [3.8, 4) is 0 Å². The van der Waals surface area contributed by atoms with Crippen LogP contribution in [0.4, 0.5) is 0 Å². The fourth-order valence-electron chi connectivity index (χ4n) is 1.20. The number of hydrogen-bond acceptors (Lipinski definition) is 3. The lowest BCUT2D eigenvalue weighted by Gasteiger charge is -1.95. The zero-order valence-corrected chi connectivity index (χ0v) is 8.59. The Kier molecular flexibility index (Phi) is 2.03. The highest BCUT2D eigenvalue weighted by Gasteiger charge is 2.10. The van der Waals surface area contributed by atoms with Gasteiger partial charge in [0.2, 0.25) is 0 Å². The zero-order chi connectivity index (χ0) is 10.3. The van der Waals surface area contributed by atoms with Crippen molar-refractivity contribution in [2.24, 2.45) is 0 Å². The van der Waals surface area contributed by atoms with Crippen LogP contribution in [-0.4, -0.2) is 19.6 Å². The molecule has 2 aromatic rings. The van der Waals surface area contributed by atoms with E-state index in [1.807, 2.05) is 6.92 Å². The zero-order valence-electron chi connectivity index (χ0n) is 7.83. The largest absolute Gasteiger partial charge is 0.293 e. The molecule has 0 fully saturated rings. The minimum Gasteiger partial charge on any atom is -0.275 e. The van der Waals surface area contributed by atoms with Gasteiger partial charge >= 0.3 is 0 Å². The Bertz CT molecular complexity index is 542. The summed E-state index contributed by atoms with van der Waals surface area (Å²) in [6, 6.07) is 0.